The average molecular weight is 284 g/mol. The molecule has 7 nitrogen and oxygen atoms in total. The first-order valence-electron chi connectivity index (χ1n) is 6.73. The number of nitrogens with one attached hydrogen (secondary N) is 2. The lowest BCUT2D eigenvalue weighted by Crippen LogP contribution is -2.26. The number of hydrogen-bond acceptors (Lipinski definition) is 5. The van der Waals surface area contributed by atoms with Crippen LogP contribution in [0, 0.1) is 0 Å². The number of aromatic amines is 1. The average Bonchev–Trinajstić information content (AvgIpc) is 2.87. The summed E-state index contributed by atoms with van der Waals surface area (Å²) in [5.74, 6) is 0.606. The van der Waals surface area contributed by atoms with Crippen LogP contribution in [0.5, 0.6) is 0 Å². The molecule has 0 aliphatic rings. The minimum atomic E-state index is -0.270. The molecular formula is C13H24N4O3. The van der Waals surface area contributed by atoms with Gasteiger partial charge in [-0.05, 0) is 6.42 Å². The molecule has 1 aromatic heterocycles. The fourth-order valence-electron chi connectivity index (χ4n) is 1.40. The summed E-state index contributed by atoms with van der Waals surface area (Å²) < 4.78 is 10.2. The van der Waals surface area contributed by atoms with E-state index in [1.165, 1.54) is 0 Å². The van der Waals surface area contributed by atoms with Gasteiger partial charge in [0.25, 0.3) is 5.91 Å². The molecule has 0 radical (unpaired) electrons. The van der Waals surface area contributed by atoms with E-state index in [2.05, 4.69) is 20.5 Å². The summed E-state index contributed by atoms with van der Waals surface area (Å²) in [5, 5.41) is 9.48. The molecule has 1 rings (SSSR count). The van der Waals surface area contributed by atoms with E-state index in [-0.39, 0.29) is 17.1 Å². The molecule has 7 heteroatoms. The minimum absolute atomic E-state index is 0.152. The predicted octanol–water partition coefficient (Wildman–Crippen LogP) is 0.885. The molecule has 0 aromatic carbocycles. The molecule has 1 amide bonds. The van der Waals surface area contributed by atoms with Gasteiger partial charge < -0.3 is 14.8 Å². The number of carbonyl (C=O) groups is 1. The summed E-state index contributed by atoms with van der Waals surface area (Å²) in [6.07, 6.45) is 0.742. The zero-order valence-corrected chi connectivity index (χ0v) is 12.7. The number of ether oxygens (including phenoxy) is 2. The largest absolute Gasteiger partial charge is 0.382 e. The van der Waals surface area contributed by atoms with Crippen molar-refractivity contribution in [1.29, 1.82) is 0 Å². The highest BCUT2D eigenvalue weighted by Crippen LogP contribution is 2.17. The van der Waals surface area contributed by atoms with E-state index < -0.39 is 0 Å². The maximum absolute atomic E-state index is 11.8. The molecule has 0 atom stereocenters. The third-order valence-electron chi connectivity index (χ3n) is 2.58. The van der Waals surface area contributed by atoms with Crippen molar-refractivity contribution in [3.63, 3.8) is 0 Å². The van der Waals surface area contributed by atoms with Gasteiger partial charge in [0, 0.05) is 25.7 Å². The van der Waals surface area contributed by atoms with Crippen molar-refractivity contribution in [3.8, 4) is 0 Å². The van der Waals surface area contributed by atoms with Crippen molar-refractivity contribution in [2.45, 2.75) is 32.6 Å². The van der Waals surface area contributed by atoms with Crippen LogP contribution in [0.4, 0.5) is 0 Å². The highest BCUT2D eigenvalue weighted by atomic mass is 16.5. The smallest absolute Gasteiger partial charge is 0.290 e. The fourth-order valence-corrected chi connectivity index (χ4v) is 1.40. The second-order valence-electron chi connectivity index (χ2n) is 5.47. The summed E-state index contributed by atoms with van der Waals surface area (Å²) in [6, 6.07) is 0. The second kappa shape index (κ2) is 7.96. The monoisotopic (exact) mass is 284 g/mol. The summed E-state index contributed by atoms with van der Waals surface area (Å²) in [6.45, 7) is 8.29. The van der Waals surface area contributed by atoms with Gasteiger partial charge in [-0.25, -0.2) is 4.98 Å². The molecular weight excluding hydrogens is 260 g/mol. The van der Waals surface area contributed by atoms with E-state index in [1.54, 1.807) is 7.11 Å². The van der Waals surface area contributed by atoms with E-state index in [0.29, 0.717) is 32.2 Å². The van der Waals surface area contributed by atoms with Gasteiger partial charge in [-0.3, -0.25) is 9.89 Å². The molecule has 114 valence electrons. The van der Waals surface area contributed by atoms with Gasteiger partial charge in [-0.2, -0.15) is 0 Å². The Morgan fingerprint density at radius 2 is 2.05 bits per heavy atom. The van der Waals surface area contributed by atoms with Gasteiger partial charge in [0.05, 0.1) is 13.2 Å². The molecule has 0 saturated carbocycles. The van der Waals surface area contributed by atoms with Gasteiger partial charge in [-0.1, -0.05) is 20.8 Å². The lowest BCUT2D eigenvalue weighted by Gasteiger charge is -2.12. The first kappa shape index (κ1) is 16.6. The number of hydrogen-bond donors (Lipinski definition) is 2. The lowest BCUT2D eigenvalue weighted by molar-refractivity contribution is 0.0688. The number of carbonyl (C=O) groups excluding carboxylic acids is 1. The van der Waals surface area contributed by atoms with Crippen molar-refractivity contribution in [2.24, 2.45) is 0 Å². The number of aromatic nitrogens is 3. The zero-order valence-electron chi connectivity index (χ0n) is 12.7. The molecule has 0 fully saturated rings. The summed E-state index contributed by atoms with van der Waals surface area (Å²) in [7, 11) is 1.63. The third kappa shape index (κ3) is 5.66. The van der Waals surface area contributed by atoms with Crippen molar-refractivity contribution in [1.82, 2.24) is 20.5 Å². The van der Waals surface area contributed by atoms with Gasteiger partial charge in [0.2, 0.25) is 5.82 Å². The maximum Gasteiger partial charge on any atom is 0.290 e. The summed E-state index contributed by atoms with van der Waals surface area (Å²) in [4.78, 5) is 16.0. The summed E-state index contributed by atoms with van der Waals surface area (Å²) in [5.41, 5.74) is -0.152. The Kier molecular flexibility index (Phi) is 6.60. The van der Waals surface area contributed by atoms with Crippen molar-refractivity contribution in [3.05, 3.63) is 11.6 Å². The van der Waals surface area contributed by atoms with Crippen molar-refractivity contribution >= 4 is 5.91 Å². The Bertz CT molecular complexity index is 412. The van der Waals surface area contributed by atoms with Crippen LogP contribution in [0.25, 0.3) is 0 Å². The minimum Gasteiger partial charge on any atom is -0.382 e. The van der Waals surface area contributed by atoms with Crippen molar-refractivity contribution < 1.29 is 14.3 Å². The molecule has 0 spiro atoms. The SMILES string of the molecule is COCCOCCCNC(=O)c1n[nH]c(C(C)(C)C)n1. The number of methoxy groups -OCH3 is 1. The Morgan fingerprint density at radius 1 is 1.30 bits per heavy atom. The van der Waals surface area contributed by atoms with Gasteiger partial charge in [-0.15, -0.1) is 5.10 Å². The van der Waals surface area contributed by atoms with Crippen LogP contribution in [-0.2, 0) is 14.9 Å². The first-order chi connectivity index (χ1) is 9.45. The lowest BCUT2D eigenvalue weighted by atomic mass is 9.96. The topological polar surface area (TPSA) is 89.1 Å². The highest BCUT2D eigenvalue weighted by molar-refractivity contribution is 5.90. The Hall–Kier alpha value is -1.47. The van der Waals surface area contributed by atoms with E-state index in [1.807, 2.05) is 20.8 Å². The van der Waals surface area contributed by atoms with Gasteiger partial charge in [0.1, 0.15) is 5.82 Å². The number of rotatable bonds is 8. The van der Waals surface area contributed by atoms with Crippen LogP contribution in [0.15, 0.2) is 0 Å². The molecule has 1 aromatic rings. The van der Waals surface area contributed by atoms with Gasteiger partial charge in [0.15, 0.2) is 0 Å². The van der Waals surface area contributed by atoms with Crippen LogP contribution in [0.1, 0.15) is 43.6 Å². The van der Waals surface area contributed by atoms with E-state index in [9.17, 15) is 4.79 Å². The molecule has 0 bridgehead atoms. The molecule has 1 heterocycles. The quantitative estimate of drug-likeness (QED) is 0.692. The molecule has 2 N–H and O–H groups in total. The normalized spacial score (nSPS) is 11.6. The standard InChI is InChI=1S/C13H24N4O3/c1-13(2,3)12-15-10(16-17-12)11(18)14-6-5-7-20-9-8-19-4/h5-9H2,1-4H3,(H,14,18)(H,15,16,17). The third-order valence-corrected chi connectivity index (χ3v) is 2.58. The maximum atomic E-state index is 11.8. The highest BCUT2D eigenvalue weighted by Gasteiger charge is 2.20. The molecule has 0 aliphatic carbocycles. The van der Waals surface area contributed by atoms with Crippen molar-refractivity contribution in [2.75, 3.05) is 33.5 Å². The van der Waals surface area contributed by atoms with Crippen LogP contribution in [0.2, 0.25) is 0 Å². The second-order valence-corrected chi connectivity index (χ2v) is 5.47. The van der Waals surface area contributed by atoms with E-state index >= 15 is 0 Å². The molecule has 20 heavy (non-hydrogen) atoms. The number of H-pyrrole nitrogens is 1. The number of nitrogens with zero attached hydrogens (tertiary/aromatic N) is 2. The van der Waals surface area contributed by atoms with Crippen LogP contribution in [0.3, 0.4) is 0 Å². The van der Waals surface area contributed by atoms with Crippen LogP contribution in [-0.4, -0.2) is 54.6 Å². The zero-order chi connectivity index (χ0) is 15.0. The predicted molar refractivity (Wildman–Crippen MR) is 74.7 cm³/mol. The molecule has 0 unspecified atom stereocenters. The summed E-state index contributed by atoms with van der Waals surface area (Å²) >= 11 is 0. The Morgan fingerprint density at radius 3 is 2.65 bits per heavy atom. The molecule has 0 saturated heterocycles. The Labute approximate surface area is 119 Å². The van der Waals surface area contributed by atoms with E-state index in [0.717, 1.165) is 6.42 Å². The number of amides is 1. The van der Waals surface area contributed by atoms with Gasteiger partial charge >= 0.3 is 0 Å². The van der Waals surface area contributed by atoms with E-state index in [4.69, 9.17) is 9.47 Å². The fraction of sp³-hybridized carbons (Fsp3) is 0.769. The first-order valence-corrected chi connectivity index (χ1v) is 6.73. The van der Waals surface area contributed by atoms with Crippen LogP contribution < -0.4 is 5.32 Å². The Balaban J connectivity index is 2.24. The molecule has 0 aliphatic heterocycles. The van der Waals surface area contributed by atoms with Crippen LogP contribution >= 0.6 is 0 Å².